The van der Waals surface area contributed by atoms with Gasteiger partial charge in [-0.25, -0.2) is 0 Å². The Kier molecular flexibility index (Phi) is 7.03. The van der Waals surface area contributed by atoms with Gasteiger partial charge in [0, 0.05) is 10.0 Å². The summed E-state index contributed by atoms with van der Waals surface area (Å²) in [5.41, 5.74) is 7.77. The van der Waals surface area contributed by atoms with Gasteiger partial charge in [0.15, 0.2) is 0 Å². The molecule has 0 unspecified atom stereocenters. The highest BCUT2D eigenvalue weighted by atomic mass is 79.9. The molecule has 5 nitrogen and oxygen atoms in total. The first-order valence-corrected chi connectivity index (χ1v) is 10.1. The fraction of sp³-hybridized carbons (Fsp3) is 0.130. The van der Waals surface area contributed by atoms with Gasteiger partial charge in [-0.3, -0.25) is 20.4 Å². The van der Waals surface area contributed by atoms with E-state index in [4.69, 9.17) is 4.74 Å². The minimum absolute atomic E-state index is 0.340. The van der Waals surface area contributed by atoms with Gasteiger partial charge in [-0.05, 0) is 47.9 Å². The molecule has 2 N–H and O–H groups in total. The van der Waals surface area contributed by atoms with Crippen molar-refractivity contribution in [2.24, 2.45) is 0 Å². The SMILES string of the molecule is CCCOc1ccc(Br)cc1C(=O)NNC(=O)c1ccc(-c2ccccc2)cc1. The predicted molar refractivity (Wildman–Crippen MR) is 117 cm³/mol. The summed E-state index contributed by atoms with van der Waals surface area (Å²) < 4.78 is 6.36. The van der Waals surface area contributed by atoms with Gasteiger partial charge in [-0.2, -0.15) is 0 Å². The van der Waals surface area contributed by atoms with E-state index in [2.05, 4.69) is 26.8 Å². The molecular weight excluding hydrogens is 432 g/mol. The molecule has 0 fully saturated rings. The lowest BCUT2D eigenvalue weighted by molar-refractivity contribution is 0.0844. The van der Waals surface area contributed by atoms with Crippen LogP contribution in [0.5, 0.6) is 5.75 Å². The molecule has 0 atom stereocenters. The number of rotatable bonds is 6. The Labute approximate surface area is 178 Å². The third-order valence-electron chi connectivity index (χ3n) is 4.19. The van der Waals surface area contributed by atoms with Crippen LogP contribution >= 0.6 is 15.9 Å². The van der Waals surface area contributed by atoms with Crippen molar-refractivity contribution in [3.8, 4) is 16.9 Å². The monoisotopic (exact) mass is 452 g/mol. The number of ether oxygens (including phenoxy) is 1. The first-order chi connectivity index (χ1) is 14.1. The molecule has 0 aliphatic rings. The van der Waals surface area contributed by atoms with Crippen molar-refractivity contribution in [1.29, 1.82) is 0 Å². The third-order valence-corrected chi connectivity index (χ3v) is 4.68. The van der Waals surface area contributed by atoms with Crippen LogP contribution in [0.3, 0.4) is 0 Å². The minimum Gasteiger partial charge on any atom is -0.493 e. The van der Waals surface area contributed by atoms with Crippen LogP contribution in [-0.4, -0.2) is 18.4 Å². The normalized spacial score (nSPS) is 10.3. The average Bonchev–Trinajstić information content (AvgIpc) is 2.77. The van der Waals surface area contributed by atoms with E-state index in [1.807, 2.05) is 49.4 Å². The summed E-state index contributed by atoms with van der Waals surface area (Å²) in [7, 11) is 0. The van der Waals surface area contributed by atoms with Gasteiger partial charge in [0.1, 0.15) is 5.75 Å². The minimum atomic E-state index is -0.452. The number of halogens is 1. The Morgan fingerprint density at radius 3 is 2.21 bits per heavy atom. The molecule has 29 heavy (non-hydrogen) atoms. The zero-order valence-corrected chi connectivity index (χ0v) is 17.5. The van der Waals surface area contributed by atoms with E-state index in [-0.39, 0.29) is 0 Å². The van der Waals surface area contributed by atoms with Crippen molar-refractivity contribution >= 4 is 27.7 Å². The number of carbonyl (C=O) groups excluding carboxylic acids is 2. The highest BCUT2D eigenvalue weighted by molar-refractivity contribution is 9.10. The van der Waals surface area contributed by atoms with E-state index in [1.165, 1.54) is 0 Å². The second-order valence-electron chi connectivity index (χ2n) is 6.34. The van der Waals surface area contributed by atoms with Crippen LogP contribution < -0.4 is 15.6 Å². The topological polar surface area (TPSA) is 67.4 Å². The van der Waals surface area contributed by atoms with Gasteiger partial charge in [-0.1, -0.05) is 65.3 Å². The van der Waals surface area contributed by atoms with E-state index < -0.39 is 11.8 Å². The van der Waals surface area contributed by atoms with E-state index in [0.717, 1.165) is 22.0 Å². The van der Waals surface area contributed by atoms with Gasteiger partial charge < -0.3 is 4.74 Å². The Hall–Kier alpha value is -3.12. The Morgan fingerprint density at radius 1 is 0.862 bits per heavy atom. The van der Waals surface area contributed by atoms with E-state index in [1.54, 1.807) is 30.3 Å². The molecule has 0 heterocycles. The van der Waals surface area contributed by atoms with Crippen LogP contribution in [0, 0.1) is 0 Å². The summed E-state index contributed by atoms with van der Waals surface area (Å²) >= 11 is 3.35. The molecule has 0 saturated carbocycles. The second-order valence-corrected chi connectivity index (χ2v) is 7.26. The smallest absolute Gasteiger partial charge is 0.273 e. The molecule has 0 bridgehead atoms. The summed E-state index contributed by atoms with van der Waals surface area (Å²) in [5, 5.41) is 0. The highest BCUT2D eigenvalue weighted by Gasteiger charge is 2.15. The van der Waals surface area contributed by atoms with Crippen molar-refractivity contribution in [3.63, 3.8) is 0 Å². The highest BCUT2D eigenvalue weighted by Crippen LogP contribution is 2.23. The van der Waals surface area contributed by atoms with E-state index in [9.17, 15) is 9.59 Å². The quantitative estimate of drug-likeness (QED) is 0.518. The number of hydrogen-bond donors (Lipinski definition) is 2. The van der Waals surface area contributed by atoms with Gasteiger partial charge in [0.25, 0.3) is 11.8 Å². The molecule has 3 aromatic carbocycles. The zero-order chi connectivity index (χ0) is 20.6. The lowest BCUT2D eigenvalue weighted by atomic mass is 10.0. The molecular formula is C23H21BrN2O3. The maximum absolute atomic E-state index is 12.5. The summed E-state index contributed by atoms with van der Waals surface area (Å²) in [4.78, 5) is 24.9. The first-order valence-electron chi connectivity index (χ1n) is 9.27. The van der Waals surface area contributed by atoms with Crippen LogP contribution in [0.2, 0.25) is 0 Å². The van der Waals surface area contributed by atoms with Crippen molar-refractivity contribution < 1.29 is 14.3 Å². The predicted octanol–water partition coefficient (Wildman–Crippen LogP) is 4.98. The molecule has 0 spiro atoms. The summed E-state index contributed by atoms with van der Waals surface area (Å²) in [6, 6.07) is 22.3. The molecule has 3 aromatic rings. The average molecular weight is 453 g/mol. The fourth-order valence-electron chi connectivity index (χ4n) is 2.72. The lowest BCUT2D eigenvalue weighted by Gasteiger charge is -2.12. The maximum Gasteiger partial charge on any atom is 0.273 e. The van der Waals surface area contributed by atoms with Crippen LogP contribution in [0.25, 0.3) is 11.1 Å². The molecule has 3 rings (SSSR count). The maximum atomic E-state index is 12.5. The molecule has 6 heteroatoms. The van der Waals surface area contributed by atoms with Crippen molar-refractivity contribution in [3.05, 3.63) is 88.4 Å². The molecule has 0 aliphatic heterocycles. The largest absolute Gasteiger partial charge is 0.493 e. The van der Waals surface area contributed by atoms with Crippen LogP contribution in [-0.2, 0) is 0 Å². The molecule has 2 amide bonds. The summed E-state index contributed by atoms with van der Waals surface area (Å²) in [6.07, 6.45) is 0.826. The zero-order valence-electron chi connectivity index (χ0n) is 15.9. The molecule has 0 aliphatic carbocycles. The van der Waals surface area contributed by atoms with Gasteiger partial charge in [-0.15, -0.1) is 0 Å². The molecule has 0 aromatic heterocycles. The lowest BCUT2D eigenvalue weighted by Crippen LogP contribution is -2.41. The van der Waals surface area contributed by atoms with Crippen LogP contribution in [0.4, 0.5) is 0 Å². The molecule has 148 valence electrons. The number of benzene rings is 3. The Balaban J connectivity index is 1.65. The Bertz CT molecular complexity index is 989. The third kappa shape index (κ3) is 5.45. The molecule has 0 radical (unpaired) electrons. The fourth-order valence-corrected chi connectivity index (χ4v) is 3.08. The number of hydrazine groups is 1. The van der Waals surface area contributed by atoms with Crippen LogP contribution in [0.1, 0.15) is 34.1 Å². The molecule has 0 saturated heterocycles. The first kappa shape index (κ1) is 20.6. The number of carbonyl (C=O) groups is 2. The van der Waals surface area contributed by atoms with Crippen molar-refractivity contribution in [2.75, 3.05) is 6.61 Å². The Morgan fingerprint density at radius 2 is 1.52 bits per heavy atom. The number of hydrogen-bond acceptors (Lipinski definition) is 3. The van der Waals surface area contributed by atoms with E-state index >= 15 is 0 Å². The van der Waals surface area contributed by atoms with Gasteiger partial charge >= 0.3 is 0 Å². The van der Waals surface area contributed by atoms with Crippen molar-refractivity contribution in [2.45, 2.75) is 13.3 Å². The van der Waals surface area contributed by atoms with E-state index in [0.29, 0.717) is 23.5 Å². The standard InChI is InChI=1S/C23H21BrN2O3/c1-2-14-29-21-13-12-19(24)15-20(21)23(28)26-25-22(27)18-10-8-17(9-11-18)16-6-4-3-5-7-16/h3-13,15H,2,14H2,1H3,(H,25,27)(H,26,28). The van der Waals surface area contributed by atoms with Crippen molar-refractivity contribution in [1.82, 2.24) is 10.9 Å². The second kappa shape index (κ2) is 9.89. The summed E-state index contributed by atoms with van der Waals surface area (Å²) in [6.45, 7) is 2.49. The van der Waals surface area contributed by atoms with Gasteiger partial charge in [0.05, 0.1) is 12.2 Å². The van der Waals surface area contributed by atoms with Crippen LogP contribution in [0.15, 0.2) is 77.3 Å². The van der Waals surface area contributed by atoms with Gasteiger partial charge in [0.2, 0.25) is 0 Å². The number of amides is 2. The summed E-state index contributed by atoms with van der Waals surface area (Å²) in [5.74, 6) is -0.385. The number of nitrogens with one attached hydrogen (secondary N) is 2.